The molecule has 0 bridgehead atoms. The van der Waals surface area contributed by atoms with Gasteiger partial charge in [-0.3, -0.25) is 4.90 Å². The van der Waals surface area contributed by atoms with Crippen LogP contribution in [0.2, 0.25) is 0 Å². The fourth-order valence-corrected chi connectivity index (χ4v) is 1.53. The lowest BCUT2D eigenvalue weighted by molar-refractivity contribution is 0.285. The van der Waals surface area contributed by atoms with Gasteiger partial charge in [0, 0.05) is 11.6 Å². The van der Waals surface area contributed by atoms with Crippen LogP contribution in [0.25, 0.3) is 0 Å². The summed E-state index contributed by atoms with van der Waals surface area (Å²) in [5, 5.41) is 0. The molecule has 2 heteroatoms. The summed E-state index contributed by atoms with van der Waals surface area (Å²) in [6.45, 7) is 2.76. The summed E-state index contributed by atoms with van der Waals surface area (Å²) in [5.74, 6) is 3.55. The molecule has 1 unspecified atom stereocenters. The van der Waals surface area contributed by atoms with Crippen molar-refractivity contribution in [3.8, 4) is 18.1 Å². The third-order valence-corrected chi connectivity index (χ3v) is 2.59. The molecule has 1 rings (SSSR count). The maximum Gasteiger partial charge on any atom is 0.123 e. The number of terminal acetylenes is 1. The first-order valence-electron chi connectivity index (χ1n) is 4.97. The molecule has 0 N–H and O–H groups in total. The highest BCUT2D eigenvalue weighted by Gasteiger charge is 2.14. The van der Waals surface area contributed by atoms with Crippen molar-refractivity contribution in [2.75, 3.05) is 20.7 Å². The minimum absolute atomic E-state index is 0.261. The largest absolute Gasteiger partial charge is 0.496 e. The van der Waals surface area contributed by atoms with Crippen LogP contribution in [-0.2, 0) is 0 Å². The Labute approximate surface area is 91.9 Å². The molecule has 2 nitrogen and oxygen atoms in total. The van der Waals surface area contributed by atoms with Gasteiger partial charge in [0.2, 0.25) is 0 Å². The highest BCUT2D eigenvalue weighted by atomic mass is 16.5. The number of hydrogen-bond donors (Lipinski definition) is 0. The smallest absolute Gasteiger partial charge is 0.123 e. The van der Waals surface area contributed by atoms with Crippen LogP contribution in [0.15, 0.2) is 24.3 Å². The van der Waals surface area contributed by atoms with Gasteiger partial charge in [0.05, 0.1) is 13.7 Å². The van der Waals surface area contributed by atoms with E-state index in [1.165, 1.54) is 0 Å². The number of rotatable bonds is 4. The van der Waals surface area contributed by atoms with Gasteiger partial charge in [-0.15, -0.1) is 6.42 Å². The van der Waals surface area contributed by atoms with E-state index in [2.05, 4.69) is 23.8 Å². The average molecular weight is 203 g/mol. The zero-order valence-corrected chi connectivity index (χ0v) is 9.53. The number of methoxy groups -OCH3 is 1. The summed E-state index contributed by atoms with van der Waals surface area (Å²) in [6.07, 6.45) is 5.29. The lowest BCUT2D eigenvalue weighted by Gasteiger charge is -2.24. The lowest BCUT2D eigenvalue weighted by Crippen LogP contribution is -2.22. The molecule has 0 saturated heterocycles. The van der Waals surface area contributed by atoms with Crippen LogP contribution in [0, 0.1) is 12.3 Å². The van der Waals surface area contributed by atoms with Gasteiger partial charge in [0.1, 0.15) is 5.75 Å². The first kappa shape index (κ1) is 11.6. The highest BCUT2D eigenvalue weighted by molar-refractivity contribution is 5.35. The molecule has 0 aliphatic rings. The van der Waals surface area contributed by atoms with Crippen molar-refractivity contribution in [3.63, 3.8) is 0 Å². The number of nitrogens with zero attached hydrogens (tertiary/aromatic N) is 1. The van der Waals surface area contributed by atoms with Gasteiger partial charge in [0.15, 0.2) is 0 Å². The van der Waals surface area contributed by atoms with Crippen LogP contribution in [0.3, 0.4) is 0 Å². The third kappa shape index (κ3) is 2.74. The van der Waals surface area contributed by atoms with Gasteiger partial charge in [0.25, 0.3) is 0 Å². The van der Waals surface area contributed by atoms with Gasteiger partial charge in [-0.05, 0) is 20.0 Å². The Balaban J connectivity index is 2.90. The summed E-state index contributed by atoms with van der Waals surface area (Å²) >= 11 is 0. The molecule has 1 atom stereocenters. The van der Waals surface area contributed by atoms with E-state index in [9.17, 15) is 0 Å². The SMILES string of the molecule is C#CCN(C)C(C)c1ccccc1OC. The molecule has 0 aliphatic heterocycles. The maximum atomic E-state index is 5.32. The number of ether oxygens (including phenoxy) is 1. The summed E-state index contributed by atoms with van der Waals surface area (Å²) in [5.41, 5.74) is 1.16. The fourth-order valence-electron chi connectivity index (χ4n) is 1.53. The number of hydrogen-bond acceptors (Lipinski definition) is 2. The molecule has 0 amide bonds. The molecule has 0 fully saturated rings. The molecule has 80 valence electrons. The van der Waals surface area contributed by atoms with Gasteiger partial charge in [-0.25, -0.2) is 0 Å². The second-order valence-electron chi connectivity index (χ2n) is 3.54. The van der Waals surface area contributed by atoms with E-state index in [-0.39, 0.29) is 6.04 Å². The highest BCUT2D eigenvalue weighted by Crippen LogP contribution is 2.27. The first-order valence-corrected chi connectivity index (χ1v) is 4.97. The Morgan fingerprint density at radius 1 is 1.47 bits per heavy atom. The lowest BCUT2D eigenvalue weighted by atomic mass is 10.1. The van der Waals surface area contributed by atoms with Gasteiger partial charge in [-0.1, -0.05) is 24.1 Å². The van der Waals surface area contributed by atoms with Crippen LogP contribution >= 0.6 is 0 Å². The monoisotopic (exact) mass is 203 g/mol. The van der Waals surface area contributed by atoms with Crippen LogP contribution in [0.1, 0.15) is 18.5 Å². The van der Waals surface area contributed by atoms with Crippen molar-refractivity contribution in [1.29, 1.82) is 0 Å². The second kappa shape index (κ2) is 5.43. The zero-order chi connectivity index (χ0) is 11.3. The average Bonchev–Trinajstić information content (AvgIpc) is 2.28. The molecule has 0 spiro atoms. The first-order chi connectivity index (χ1) is 7.20. The van der Waals surface area contributed by atoms with E-state index in [0.29, 0.717) is 6.54 Å². The Hall–Kier alpha value is -1.46. The standard InChI is InChI=1S/C13H17NO/c1-5-10-14(3)11(2)12-8-6-7-9-13(12)15-4/h1,6-9,11H,10H2,2-4H3. The van der Waals surface area contributed by atoms with E-state index >= 15 is 0 Å². The Kier molecular flexibility index (Phi) is 4.20. The quantitative estimate of drug-likeness (QED) is 0.696. The second-order valence-corrected chi connectivity index (χ2v) is 3.54. The van der Waals surface area contributed by atoms with Crippen LogP contribution in [-0.4, -0.2) is 25.6 Å². The van der Waals surface area contributed by atoms with Crippen molar-refractivity contribution < 1.29 is 4.74 Å². The summed E-state index contributed by atoms with van der Waals surface area (Å²) < 4.78 is 5.32. The summed E-state index contributed by atoms with van der Waals surface area (Å²) in [4.78, 5) is 2.11. The van der Waals surface area contributed by atoms with Crippen molar-refractivity contribution in [2.24, 2.45) is 0 Å². The normalized spacial score (nSPS) is 12.2. The van der Waals surface area contributed by atoms with Crippen LogP contribution < -0.4 is 4.74 Å². The number of para-hydroxylation sites is 1. The predicted molar refractivity (Wildman–Crippen MR) is 62.9 cm³/mol. The van der Waals surface area contributed by atoms with E-state index in [0.717, 1.165) is 11.3 Å². The van der Waals surface area contributed by atoms with Crippen LogP contribution in [0.4, 0.5) is 0 Å². The van der Waals surface area contributed by atoms with Crippen molar-refractivity contribution >= 4 is 0 Å². The molecule has 0 aliphatic carbocycles. The third-order valence-electron chi connectivity index (χ3n) is 2.59. The Morgan fingerprint density at radius 2 is 2.13 bits per heavy atom. The van der Waals surface area contributed by atoms with Crippen molar-refractivity contribution in [3.05, 3.63) is 29.8 Å². The summed E-state index contributed by atoms with van der Waals surface area (Å²) in [6, 6.07) is 8.28. The van der Waals surface area contributed by atoms with Gasteiger partial charge < -0.3 is 4.74 Å². The van der Waals surface area contributed by atoms with Crippen molar-refractivity contribution in [2.45, 2.75) is 13.0 Å². The molecule has 0 aromatic heterocycles. The van der Waals surface area contributed by atoms with E-state index in [1.807, 2.05) is 25.2 Å². The molecule has 0 saturated carbocycles. The minimum Gasteiger partial charge on any atom is -0.496 e. The van der Waals surface area contributed by atoms with E-state index in [1.54, 1.807) is 7.11 Å². The molecule has 15 heavy (non-hydrogen) atoms. The van der Waals surface area contributed by atoms with Gasteiger partial charge in [-0.2, -0.15) is 0 Å². The van der Waals surface area contributed by atoms with Gasteiger partial charge >= 0.3 is 0 Å². The molecular formula is C13H17NO. The molecule has 0 radical (unpaired) electrons. The minimum atomic E-state index is 0.261. The Morgan fingerprint density at radius 3 is 2.73 bits per heavy atom. The molecular weight excluding hydrogens is 186 g/mol. The topological polar surface area (TPSA) is 12.5 Å². The summed E-state index contributed by atoms with van der Waals surface area (Å²) in [7, 11) is 3.70. The van der Waals surface area contributed by atoms with E-state index < -0.39 is 0 Å². The zero-order valence-electron chi connectivity index (χ0n) is 9.53. The maximum absolute atomic E-state index is 5.32. The Bertz CT molecular complexity index is 354. The molecule has 1 aromatic rings. The molecule has 1 aromatic carbocycles. The van der Waals surface area contributed by atoms with E-state index in [4.69, 9.17) is 11.2 Å². The fraction of sp³-hybridized carbons (Fsp3) is 0.385. The predicted octanol–water partition coefficient (Wildman–Crippen LogP) is 2.32. The van der Waals surface area contributed by atoms with Crippen LogP contribution in [0.5, 0.6) is 5.75 Å². The molecule has 0 heterocycles. The van der Waals surface area contributed by atoms with Crippen molar-refractivity contribution in [1.82, 2.24) is 4.90 Å². The number of benzene rings is 1.